The number of rotatable bonds is 2. The second-order valence-electron chi connectivity index (χ2n) is 4.24. The molecule has 2 rings (SSSR count). The van der Waals surface area contributed by atoms with Crippen molar-refractivity contribution in [3.8, 4) is 0 Å². The van der Waals surface area contributed by atoms with Crippen LogP contribution in [0.5, 0.6) is 0 Å². The molecule has 15 heavy (non-hydrogen) atoms. The van der Waals surface area contributed by atoms with Crippen LogP contribution in [0.4, 0.5) is 5.69 Å². The Bertz CT molecular complexity index is 348. The molecule has 1 aromatic carbocycles. The van der Waals surface area contributed by atoms with Crippen LogP contribution in [-0.4, -0.2) is 17.2 Å². The Morgan fingerprint density at radius 2 is 1.87 bits per heavy atom. The molecule has 4 N–H and O–H groups in total. The number of hydrogen-bond donors (Lipinski definition) is 3. The molecular formula is C11H16BNO2. The highest BCUT2D eigenvalue weighted by Gasteiger charge is 2.20. The van der Waals surface area contributed by atoms with Crippen molar-refractivity contribution in [2.24, 2.45) is 0 Å². The van der Waals surface area contributed by atoms with Crippen molar-refractivity contribution in [1.82, 2.24) is 0 Å². The molecule has 0 radical (unpaired) electrons. The summed E-state index contributed by atoms with van der Waals surface area (Å²) in [5.41, 5.74) is 8.23. The van der Waals surface area contributed by atoms with Gasteiger partial charge >= 0.3 is 7.12 Å². The van der Waals surface area contributed by atoms with Crippen LogP contribution in [0.3, 0.4) is 0 Å². The van der Waals surface area contributed by atoms with Gasteiger partial charge in [0.15, 0.2) is 0 Å². The predicted molar refractivity (Wildman–Crippen MR) is 61.9 cm³/mol. The first-order valence-electron chi connectivity index (χ1n) is 5.44. The Morgan fingerprint density at radius 3 is 2.40 bits per heavy atom. The lowest BCUT2D eigenvalue weighted by Gasteiger charge is -2.13. The van der Waals surface area contributed by atoms with Gasteiger partial charge < -0.3 is 15.8 Å². The van der Waals surface area contributed by atoms with Gasteiger partial charge in [0.2, 0.25) is 0 Å². The zero-order valence-electron chi connectivity index (χ0n) is 8.69. The summed E-state index contributed by atoms with van der Waals surface area (Å²) in [7, 11) is -1.43. The van der Waals surface area contributed by atoms with Gasteiger partial charge in [-0.15, -0.1) is 0 Å². The summed E-state index contributed by atoms with van der Waals surface area (Å²) in [5, 5.41) is 18.0. The quantitative estimate of drug-likeness (QED) is 0.489. The van der Waals surface area contributed by atoms with E-state index < -0.39 is 7.12 Å². The number of nitrogen functional groups attached to an aromatic ring is 1. The molecule has 0 aromatic heterocycles. The van der Waals surface area contributed by atoms with E-state index in [0.717, 1.165) is 5.56 Å². The summed E-state index contributed by atoms with van der Waals surface area (Å²) in [4.78, 5) is 0. The number of nitrogens with two attached hydrogens (primary N) is 1. The van der Waals surface area contributed by atoms with E-state index in [1.807, 2.05) is 6.07 Å². The van der Waals surface area contributed by atoms with Crippen molar-refractivity contribution in [3.05, 3.63) is 23.8 Å². The first-order chi connectivity index (χ1) is 7.18. The average Bonchev–Trinajstić information content (AvgIpc) is 2.70. The maximum atomic E-state index is 9.00. The van der Waals surface area contributed by atoms with E-state index in [9.17, 15) is 0 Å². The van der Waals surface area contributed by atoms with E-state index in [1.54, 1.807) is 12.1 Å². The fraction of sp³-hybridized carbons (Fsp3) is 0.455. The van der Waals surface area contributed by atoms with E-state index in [2.05, 4.69) is 0 Å². The Hall–Kier alpha value is -0.995. The molecule has 80 valence electrons. The normalized spacial score (nSPS) is 16.9. The Labute approximate surface area is 90.1 Å². The van der Waals surface area contributed by atoms with Crippen LogP contribution in [0.2, 0.25) is 0 Å². The zero-order valence-corrected chi connectivity index (χ0v) is 8.69. The summed E-state index contributed by atoms with van der Waals surface area (Å²) in [6.07, 6.45) is 4.94. The van der Waals surface area contributed by atoms with Gasteiger partial charge in [-0.2, -0.15) is 0 Å². The minimum absolute atomic E-state index is 0.467. The fourth-order valence-electron chi connectivity index (χ4n) is 2.36. The standard InChI is InChI=1S/C11H16BNO2/c13-11-7-9(12(14)15)5-6-10(11)8-3-1-2-4-8/h5-8,14-15H,1-4,13H2. The molecule has 0 aliphatic heterocycles. The van der Waals surface area contributed by atoms with Crippen LogP contribution in [0, 0.1) is 0 Å². The molecule has 0 spiro atoms. The summed E-state index contributed by atoms with van der Waals surface area (Å²) >= 11 is 0. The third kappa shape index (κ3) is 2.16. The first kappa shape index (κ1) is 10.5. The predicted octanol–water partition coefficient (Wildman–Crippen LogP) is 0.606. The SMILES string of the molecule is Nc1cc(B(O)O)ccc1C1CCCC1. The van der Waals surface area contributed by atoms with Crippen molar-refractivity contribution in [3.63, 3.8) is 0 Å². The van der Waals surface area contributed by atoms with Crippen LogP contribution in [0.25, 0.3) is 0 Å². The topological polar surface area (TPSA) is 66.5 Å². The van der Waals surface area contributed by atoms with Crippen LogP contribution >= 0.6 is 0 Å². The van der Waals surface area contributed by atoms with Gasteiger partial charge in [-0.25, -0.2) is 0 Å². The van der Waals surface area contributed by atoms with E-state index in [0.29, 0.717) is 17.1 Å². The fourth-order valence-corrected chi connectivity index (χ4v) is 2.36. The molecule has 1 aromatic rings. The van der Waals surface area contributed by atoms with Crippen LogP contribution in [-0.2, 0) is 0 Å². The molecule has 1 aliphatic carbocycles. The minimum atomic E-state index is -1.43. The van der Waals surface area contributed by atoms with Crippen LogP contribution in [0.1, 0.15) is 37.2 Å². The molecule has 0 heterocycles. The maximum Gasteiger partial charge on any atom is 0.488 e. The van der Waals surface area contributed by atoms with Crippen LogP contribution < -0.4 is 11.2 Å². The minimum Gasteiger partial charge on any atom is -0.423 e. The summed E-state index contributed by atoms with van der Waals surface area (Å²) in [6.45, 7) is 0. The van der Waals surface area contributed by atoms with Gasteiger partial charge in [0.05, 0.1) is 0 Å². The van der Waals surface area contributed by atoms with E-state index in [-0.39, 0.29) is 0 Å². The van der Waals surface area contributed by atoms with Gasteiger partial charge in [0.1, 0.15) is 0 Å². The van der Waals surface area contributed by atoms with Gasteiger partial charge in [-0.3, -0.25) is 0 Å². The Morgan fingerprint density at radius 1 is 1.20 bits per heavy atom. The highest BCUT2D eigenvalue weighted by atomic mass is 16.4. The van der Waals surface area contributed by atoms with Crippen molar-refractivity contribution in [2.45, 2.75) is 31.6 Å². The third-order valence-corrected chi connectivity index (χ3v) is 3.20. The lowest BCUT2D eigenvalue weighted by Crippen LogP contribution is -2.30. The second-order valence-corrected chi connectivity index (χ2v) is 4.24. The van der Waals surface area contributed by atoms with Crippen LogP contribution in [0.15, 0.2) is 18.2 Å². The molecule has 0 atom stereocenters. The van der Waals surface area contributed by atoms with E-state index >= 15 is 0 Å². The number of hydrogen-bond acceptors (Lipinski definition) is 3. The second kappa shape index (κ2) is 4.25. The zero-order chi connectivity index (χ0) is 10.8. The summed E-state index contributed by atoms with van der Waals surface area (Å²) in [6, 6.07) is 5.34. The van der Waals surface area contributed by atoms with Crippen molar-refractivity contribution in [1.29, 1.82) is 0 Å². The maximum absolute atomic E-state index is 9.00. The number of benzene rings is 1. The van der Waals surface area contributed by atoms with Gasteiger partial charge in [-0.1, -0.05) is 25.0 Å². The lowest BCUT2D eigenvalue weighted by molar-refractivity contribution is 0.426. The smallest absolute Gasteiger partial charge is 0.423 e. The van der Waals surface area contributed by atoms with Crippen molar-refractivity contribution >= 4 is 18.3 Å². The molecule has 3 nitrogen and oxygen atoms in total. The Balaban J connectivity index is 2.25. The lowest BCUT2D eigenvalue weighted by atomic mass is 9.78. The number of anilines is 1. The monoisotopic (exact) mass is 205 g/mol. The molecule has 0 saturated heterocycles. The molecule has 4 heteroatoms. The van der Waals surface area contributed by atoms with Gasteiger partial charge in [-0.05, 0) is 35.9 Å². The third-order valence-electron chi connectivity index (χ3n) is 3.20. The van der Waals surface area contributed by atoms with Gasteiger partial charge in [0, 0.05) is 5.69 Å². The largest absolute Gasteiger partial charge is 0.488 e. The molecular weight excluding hydrogens is 189 g/mol. The molecule has 0 amide bonds. The average molecular weight is 205 g/mol. The first-order valence-corrected chi connectivity index (χ1v) is 5.44. The van der Waals surface area contributed by atoms with E-state index in [1.165, 1.54) is 25.7 Å². The Kier molecular flexibility index (Phi) is 2.98. The highest BCUT2D eigenvalue weighted by Crippen LogP contribution is 2.36. The molecule has 1 fully saturated rings. The molecule has 1 saturated carbocycles. The summed E-state index contributed by atoms with van der Waals surface area (Å²) < 4.78 is 0. The molecule has 1 aliphatic rings. The van der Waals surface area contributed by atoms with Gasteiger partial charge in [0.25, 0.3) is 0 Å². The summed E-state index contributed by atoms with van der Waals surface area (Å²) in [5.74, 6) is 0.565. The van der Waals surface area contributed by atoms with Crippen molar-refractivity contribution in [2.75, 3.05) is 5.73 Å². The molecule has 0 bridgehead atoms. The van der Waals surface area contributed by atoms with Crippen molar-refractivity contribution < 1.29 is 10.0 Å². The van der Waals surface area contributed by atoms with E-state index in [4.69, 9.17) is 15.8 Å². The highest BCUT2D eigenvalue weighted by molar-refractivity contribution is 6.58. The molecule has 0 unspecified atom stereocenters.